The van der Waals surface area contributed by atoms with E-state index in [1.165, 1.54) is 12.1 Å². The molecular weight excluding hydrogens is 310 g/mol. The Labute approximate surface area is 114 Å². The average molecular weight is 326 g/mol. The first kappa shape index (κ1) is 16.4. The first-order valence-electron chi connectivity index (χ1n) is 4.93. The van der Waals surface area contributed by atoms with E-state index in [0.29, 0.717) is 4.47 Å². The molecule has 1 amide bonds. The molecule has 0 aliphatic heterocycles. The van der Waals surface area contributed by atoms with Crippen molar-refractivity contribution in [3.8, 4) is 0 Å². The van der Waals surface area contributed by atoms with Crippen molar-refractivity contribution < 1.29 is 9.18 Å². The number of carbonyl (C=O) groups excluding carboxylic acids is 1. The second kappa shape index (κ2) is 6.93. The molecule has 3 N–H and O–H groups in total. The summed E-state index contributed by atoms with van der Waals surface area (Å²) in [5.41, 5.74) is 5.79. The number of anilines is 1. The van der Waals surface area contributed by atoms with Crippen LogP contribution >= 0.6 is 28.3 Å². The van der Waals surface area contributed by atoms with Gasteiger partial charge in [-0.3, -0.25) is 4.79 Å². The minimum Gasteiger partial charge on any atom is -0.322 e. The van der Waals surface area contributed by atoms with Crippen molar-refractivity contribution >= 4 is 39.9 Å². The average Bonchev–Trinajstić information content (AvgIpc) is 2.20. The molecule has 0 aliphatic rings. The summed E-state index contributed by atoms with van der Waals surface area (Å²) in [6, 6.07) is 3.79. The summed E-state index contributed by atoms with van der Waals surface area (Å²) in [6.07, 6.45) is 0. The highest BCUT2D eigenvalue weighted by Gasteiger charge is 2.18. The van der Waals surface area contributed by atoms with Crippen LogP contribution in [0.1, 0.15) is 13.8 Å². The summed E-state index contributed by atoms with van der Waals surface area (Å²) < 4.78 is 14.0. The Hall–Kier alpha value is -0.650. The predicted octanol–water partition coefficient (Wildman–Crippen LogP) is 2.93. The van der Waals surface area contributed by atoms with Gasteiger partial charge in [0.1, 0.15) is 5.82 Å². The van der Waals surface area contributed by atoms with E-state index in [1.807, 2.05) is 13.8 Å². The molecule has 96 valence electrons. The first-order chi connectivity index (χ1) is 7.41. The molecule has 0 saturated heterocycles. The zero-order chi connectivity index (χ0) is 12.3. The Bertz CT molecular complexity index is 401. The number of benzene rings is 1. The molecule has 0 radical (unpaired) electrons. The molecule has 0 fully saturated rings. The maximum atomic E-state index is 13.4. The maximum absolute atomic E-state index is 13.4. The van der Waals surface area contributed by atoms with Crippen molar-refractivity contribution in [2.24, 2.45) is 11.7 Å². The number of hydrogen-bond donors (Lipinski definition) is 2. The van der Waals surface area contributed by atoms with Crippen LogP contribution in [0, 0.1) is 11.7 Å². The number of halogens is 3. The third-order valence-corrected chi connectivity index (χ3v) is 2.70. The SMILES string of the molecule is CC(C)C(N)C(=O)Nc1ccc(Br)cc1F.Cl. The lowest BCUT2D eigenvalue weighted by Gasteiger charge is -2.15. The van der Waals surface area contributed by atoms with Gasteiger partial charge in [-0.2, -0.15) is 0 Å². The standard InChI is InChI=1S/C11H14BrFN2O.ClH/c1-6(2)10(14)11(16)15-9-4-3-7(12)5-8(9)13;/h3-6,10H,14H2,1-2H3,(H,15,16);1H. The number of nitrogens with one attached hydrogen (secondary N) is 1. The second-order valence-corrected chi connectivity index (χ2v) is 4.80. The Morgan fingerprint density at radius 3 is 2.53 bits per heavy atom. The van der Waals surface area contributed by atoms with Crippen LogP contribution in [0.25, 0.3) is 0 Å². The lowest BCUT2D eigenvalue weighted by molar-refractivity contribution is -0.118. The van der Waals surface area contributed by atoms with Crippen molar-refractivity contribution in [3.63, 3.8) is 0 Å². The zero-order valence-corrected chi connectivity index (χ0v) is 11.9. The smallest absolute Gasteiger partial charge is 0.241 e. The molecule has 1 atom stereocenters. The monoisotopic (exact) mass is 324 g/mol. The minimum absolute atomic E-state index is 0. The van der Waals surface area contributed by atoms with E-state index < -0.39 is 11.9 Å². The van der Waals surface area contributed by atoms with E-state index in [4.69, 9.17) is 5.73 Å². The predicted molar refractivity (Wildman–Crippen MR) is 72.8 cm³/mol. The fourth-order valence-corrected chi connectivity index (χ4v) is 1.44. The molecule has 0 aromatic heterocycles. The number of carbonyl (C=O) groups is 1. The van der Waals surface area contributed by atoms with Gasteiger partial charge in [0, 0.05) is 4.47 Å². The molecule has 0 heterocycles. The highest BCUT2D eigenvalue weighted by Crippen LogP contribution is 2.19. The van der Waals surface area contributed by atoms with Gasteiger partial charge in [-0.05, 0) is 24.1 Å². The third-order valence-electron chi connectivity index (χ3n) is 2.21. The summed E-state index contributed by atoms with van der Waals surface area (Å²) in [6.45, 7) is 3.67. The molecular formula is C11H15BrClFN2O. The molecule has 3 nitrogen and oxygen atoms in total. The van der Waals surface area contributed by atoms with Gasteiger partial charge in [0.15, 0.2) is 0 Å². The van der Waals surface area contributed by atoms with Crippen LogP contribution in [0.5, 0.6) is 0 Å². The van der Waals surface area contributed by atoms with E-state index in [1.54, 1.807) is 6.07 Å². The van der Waals surface area contributed by atoms with Gasteiger partial charge in [-0.15, -0.1) is 12.4 Å². The van der Waals surface area contributed by atoms with Crippen LogP contribution < -0.4 is 11.1 Å². The van der Waals surface area contributed by atoms with Crippen molar-refractivity contribution in [1.29, 1.82) is 0 Å². The summed E-state index contributed by atoms with van der Waals surface area (Å²) in [7, 11) is 0. The van der Waals surface area contributed by atoms with Gasteiger partial charge >= 0.3 is 0 Å². The molecule has 17 heavy (non-hydrogen) atoms. The third kappa shape index (κ3) is 4.61. The quantitative estimate of drug-likeness (QED) is 0.898. The number of nitrogens with two attached hydrogens (primary N) is 1. The van der Waals surface area contributed by atoms with Gasteiger partial charge in [0.25, 0.3) is 0 Å². The summed E-state index contributed by atoms with van der Waals surface area (Å²) in [5.74, 6) is -0.853. The van der Waals surface area contributed by atoms with E-state index in [2.05, 4.69) is 21.2 Å². The largest absolute Gasteiger partial charge is 0.322 e. The van der Waals surface area contributed by atoms with Crippen molar-refractivity contribution in [3.05, 3.63) is 28.5 Å². The molecule has 1 unspecified atom stereocenters. The van der Waals surface area contributed by atoms with Crippen LogP contribution in [0.4, 0.5) is 10.1 Å². The Kier molecular flexibility index (Phi) is 6.67. The van der Waals surface area contributed by atoms with Crippen LogP contribution in [-0.2, 0) is 4.79 Å². The number of rotatable bonds is 3. The molecule has 0 saturated carbocycles. The van der Waals surface area contributed by atoms with E-state index in [9.17, 15) is 9.18 Å². The molecule has 0 bridgehead atoms. The van der Waals surface area contributed by atoms with Crippen LogP contribution in [-0.4, -0.2) is 11.9 Å². The van der Waals surface area contributed by atoms with Crippen molar-refractivity contribution in [2.45, 2.75) is 19.9 Å². The maximum Gasteiger partial charge on any atom is 0.241 e. The Morgan fingerprint density at radius 1 is 1.47 bits per heavy atom. The zero-order valence-electron chi connectivity index (χ0n) is 9.54. The number of amides is 1. The van der Waals surface area contributed by atoms with Gasteiger partial charge in [-0.25, -0.2) is 4.39 Å². The lowest BCUT2D eigenvalue weighted by atomic mass is 10.0. The molecule has 1 rings (SSSR count). The van der Waals surface area contributed by atoms with Crippen molar-refractivity contribution in [1.82, 2.24) is 0 Å². The van der Waals surface area contributed by atoms with E-state index in [-0.39, 0.29) is 29.9 Å². The van der Waals surface area contributed by atoms with Gasteiger partial charge in [0.05, 0.1) is 11.7 Å². The fourth-order valence-electron chi connectivity index (χ4n) is 1.11. The van der Waals surface area contributed by atoms with Crippen LogP contribution in [0.3, 0.4) is 0 Å². The van der Waals surface area contributed by atoms with Crippen molar-refractivity contribution in [2.75, 3.05) is 5.32 Å². The van der Waals surface area contributed by atoms with Gasteiger partial charge < -0.3 is 11.1 Å². The van der Waals surface area contributed by atoms with Gasteiger partial charge in [0.2, 0.25) is 5.91 Å². The molecule has 1 aromatic rings. The summed E-state index contributed by atoms with van der Waals surface area (Å²) in [4.78, 5) is 11.6. The summed E-state index contributed by atoms with van der Waals surface area (Å²) in [5, 5.41) is 2.46. The van der Waals surface area contributed by atoms with Crippen LogP contribution in [0.15, 0.2) is 22.7 Å². The van der Waals surface area contributed by atoms with Gasteiger partial charge in [-0.1, -0.05) is 29.8 Å². The van der Waals surface area contributed by atoms with E-state index >= 15 is 0 Å². The lowest BCUT2D eigenvalue weighted by Crippen LogP contribution is -2.39. The first-order valence-corrected chi connectivity index (χ1v) is 5.72. The highest BCUT2D eigenvalue weighted by molar-refractivity contribution is 9.10. The Balaban J connectivity index is 0.00000256. The van der Waals surface area contributed by atoms with E-state index in [0.717, 1.165) is 0 Å². The second-order valence-electron chi connectivity index (χ2n) is 3.88. The minimum atomic E-state index is -0.636. The molecule has 0 spiro atoms. The fraction of sp³-hybridized carbons (Fsp3) is 0.364. The van der Waals surface area contributed by atoms with Crippen LogP contribution in [0.2, 0.25) is 0 Å². The molecule has 6 heteroatoms. The normalized spacial score (nSPS) is 11.9. The summed E-state index contributed by atoms with van der Waals surface area (Å²) >= 11 is 3.14. The topological polar surface area (TPSA) is 55.1 Å². The Morgan fingerprint density at radius 2 is 2.06 bits per heavy atom. The molecule has 0 aliphatic carbocycles. The number of hydrogen-bond acceptors (Lipinski definition) is 2. The highest BCUT2D eigenvalue weighted by atomic mass is 79.9. The molecule has 1 aromatic carbocycles.